The van der Waals surface area contributed by atoms with Gasteiger partial charge in [-0.1, -0.05) is 25.1 Å². The highest BCUT2D eigenvalue weighted by atomic mass is 16.3. The minimum Gasteiger partial charge on any atom is -0.454 e. The van der Waals surface area contributed by atoms with Crippen molar-refractivity contribution in [3.63, 3.8) is 0 Å². The summed E-state index contributed by atoms with van der Waals surface area (Å²) < 4.78 is 7.96. The standard InChI is InChI=1S/C16H13N3O/c1-2-11-12-5-3-4-6-14(12)20-16(11)13-10-19-8-7-17-9-15(19)18-13/h3-10H,2H2,1H3. The quantitative estimate of drug-likeness (QED) is 0.553. The smallest absolute Gasteiger partial charge is 0.158 e. The van der Waals surface area contributed by atoms with Gasteiger partial charge in [-0.3, -0.25) is 4.98 Å². The van der Waals surface area contributed by atoms with Crippen LogP contribution in [0.25, 0.3) is 28.1 Å². The van der Waals surface area contributed by atoms with Gasteiger partial charge in [0, 0.05) is 29.5 Å². The van der Waals surface area contributed by atoms with Crippen molar-refractivity contribution in [2.75, 3.05) is 0 Å². The van der Waals surface area contributed by atoms with Crippen molar-refractivity contribution in [3.8, 4) is 11.5 Å². The largest absolute Gasteiger partial charge is 0.454 e. The fraction of sp³-hybridized carbons (Fsp3) is 0.125. The normalized spacial score (nSPS) is 11.4. The Morgan fingerprint density at radius 3 is 3.00 bits per heavy atom. The lowest BCUT2D eigenvalue weighted by Crippen LogP contribution is -1.82. The number of furan rings is 1. The van der Waals surface area contributed by atoms with Gasteiger partial charge < -0.3 is 8.82 Å². The number of para-hydroxylation sites is 1. The molecule has 0 N–H and O–H groups in total. The molecule has 0 aliphatic carbocycles. The fourth-order valence-electron chi connectivity index (χ4n) is 2.61. The van der Waals surface area contributed by atoms with Gasteiger partial charge in [-0.15, -0.1) is 0 Å². The SMILES string of the molecule is CCc1c(-c2cn3ccncc3n2)oc2ccccc12. The Morgan fingerprint density at radius 2 is 2.15 bits per heavy atom. The van der Waals surface area contributed by atoms with Crippen molar-refractivity contribution in [2.24, 2.45) is 0 Å². The molecule has 4 heteroatoms. The molecule has 98 valence electrons. The Bertz CT molecular complexity index is 871. The summed E-state index contributed by atoms with van der Waals surface area (Å²) in [5.74, 6) is 0.859. The van der Waals surface area contributed by atoms with Gasteiger partial charge in [-0.25, -0.2) is 4.98 Å². The Labute approximate surface area is 115 Å². The summed E-state index contributed by atoms with van der Waals surface area (Å²) in [6.07, 6.45) is 8.28. The molecule has 0 bridgehead atoms. The maximum Gasteiger partial charge on any atom is 0.158 e. The van der Waals surface area contributed by atoms with Crippen LogP contribution in [0.5, 0.6) is 0 Å². The van der Waals surface area contributed by atoms with Crippen LogP contribution in [0.4, 0.5) is 0 Å². The molecule has 20 heavy (non-hydrogen) atoms. The Balaban J connectivity index is 2.01. The average molecular weight is 263 g/mol. The van der Waals surface area contributed by atoms with Crippen LogP contribution in [0.3, 0.4) is 0 Å². The van der Waals surface area contributed by atoms with Gasteiger partial charge in [0.15, 0.2) is 11.4 Å². The first kappa shape index (κ1) is 11.2. The molecule has 0 aliphatic rings. The van der Waals surface area contributed by atoms with E-state index in [0.717, 1.165) is 29.1 Å². The highest BCUT2D eigenvalue weighted by Crippen LogP contribution is 2.33. The Hall–Kier alpha value is -2.62. The second kappa shape index (κ2) is 4.20. The third-order valence-electron chi connectivity index (χ3n) is 3.55. The van der Waals surface area contributed by atoms with Gasteiger partial charge in [0.05, 0.1) is 6.20 Å². The van der Waals surface area contributed by atoms with E-state index in [9.17, 15) is 0 Å². The lowest BCUT2D eigenvalue weighted by atomic mass is 10.1. The highest BCUT2D eigenvalue weighted by molar-refractivity contribution is 5.87. The van der Waals surface area contributed by atoms with Crippen LogP contribution in [-0.4, -0.2) is 14.4 Å². The molecule has 0 radical (unpaired) electrons. The van der Waals surface area contributed by atoms with E-state index in [1.54, 1.807) is 12.4 Å². The first-order valence-electron chi connectivity index (χ1n) is 6.66. The van der Waals surface area contributed by atoms with E-state index in [0.29, 0.717) is 0 Å². The lowest BCUT2D eigenvalue weighted by molar-refractivity contribution is 0.625. The van der Waals surface area contributed by atoms with Crippen LogP contribution in [0.2, 0.25) is 0 Å². The van der Waals surface area contributed by atoms with E-state index >= 15 is 0 Å². The van der Waals surface area contributed by atoms with Crippen molar-refractivity contribution in [2.45, 2.75) is 13.3 Å². The molecular formula is C16H13N3O. The van der Waals surface area contributed by atoms with E-state index in [-0.39, 0.29) is 0 Å². The predicted octanol–water partition coefficient (Wildman–Crippen LogP) is 3.70. The van der Waals surface area contributed by atoms with Gasteiger partial charge in [0.25, 0.3) is 0 Å². The molecule has 4 nitrogen and oxygen atoms in total. The third kappa shape index (κ3) is 1.54. The summed E-state index contributed by atoms with van der Waals surface area (Å²) in [6.45, 7) is 2.14. The first-order valence-corrected chi connectivity index (χ1v) is 6.66. The number of benzene rings is 1. The summed E-state index contributed by atoms with van der Waals surface area (Å²) in [5.41, 5.74) is 3.79. The summed E-state index contributed by atoms with van der Waals surface area (Å²) in [6, 6.07) is 8.12. The molecule has 0 saturated carbocycles. The molecule has 0 saturated heterocycles. The molecule has 0 atom stereocenters. The zero-order valence-corrected chi connectivity index (χ0v) is 11.1. The van der Waals surface area contributed by atoms with Crippen LogP contribution < -0.4 is 0 Å². The second-order valence-corrected chi connectivity index (χ2v) is 4.73. The van der Waals surface area contributed by atoms with Crippen LogP contribution >= 0.6 is 0 Å². The third-order valence-corrected chi connectivity index (χ3v) is 3.55. The second-order valence-electron chi connectivity index (χ2n) is 4.73. The van der Waals surface area contributed by atoms with Gasteiger partial charge >= 0.3 is 0 Å². The number of imidazole rings is 1. The molecule has 0 aliphatic heterocycles. The van der Waals surface area contributed by atoms with Gasteiger partial charge in [-0.05, 0) is 12.5 Å². The van der Waals surface area contributed by atoms with E-state index in [1.807, 2.05) is 35.0 Å². The van der Waals surface area contributed by atoms with Crippen LogP contribution in [-0.2, 0) is 6.42 Å². The van der Waals surface area contributed by atoms with E-state index in [1.165, 1.54) is 10.9 Å². The molecule has 0 fully saturated rings. The minimum atomic E-state index is 0.824. The molecule has 0 spiro atoms. The maximum atomic E-state index is 6.01. The number of aryl methyl sites for hydroxylation is 1. The summed E-state index contributed by atoms with van der Waals surface area (Å²) in [7, 11) is 0. The van der Waals surface area contributed by atoms with Crippen LogP contribution in [0.1, 0.15) is 12.5 Å². The number of rotatable bonds is 2. The molecule has 1 aromatic carbocycles. The number of fused-ring (bicyclic) bond motifs is 2. The van der Waals surface area contributed by atoms with Crippen LogP contribution in [0, 0.1) is 0 Å². The molecule has 4 rings (SSSR count). The monoisotopic (exact) mass is 263 g/mol. The first-order chi connectivity index (χ1) is 9.86. The molecule has 0 amide bonds. The average Bonchev–Trinajstić information content (AvgIpc) is 3.07. The number of hydrogen-bond acceptors (Lipinski definition) is 3. The molecule has 3 aromatic heterocycles. The van der Waals surface area contributed by atoms with Crippen molar-refractivity contribution in [1.29, 1.82) is 0 Å². The maximum absolute atomic E-state index is 6.01. The van der Waals surface area contributed by atoms with Crippen molar-refractivity contribution < 1.29 is 4.42 Å². The highest BCUT2D eigenvalue weighted by Gasteiger charge is 2.16. The molecule has 4 aromatic rings. The number of aromatic nitrogens is 3. The van der Waals surface area contributed by atoms with E-state index in [4.69, 9.17) is 4.42 Å². The summed E-state index contributed by atoms with van der Waals surface area (Å²) in [4.78, 5) is 8.68. The summed E-state index contributed by atoms with van der Waals surface area (Å²) in [5, 5.41) is 1.17. The Kier molecular flexibility index (Phi) is 2.36. The fourth-order valence-corrected chi connectivity index (χ4v) is 2.61. The Morgan fingerprint density at radius 1 is 1.25 bits per heavy atom. The summed E-state index contributed by atoms with van der Waals surface area (Å²) >= 11 is 0. The number of nitrogens with zero attached hydrogens (tertiary/aromatic N) is 3. The molecular weight excluding hydrogens is 250 g/mol. The van der Waals surface area contributed by atoms with E-state index in [2.05, 4.69) is 23.0 Å². The minimum absolute atomic E-state index is 0.824. The van der Waals surface area contributed by atoms with Gasteiger partial charge in [0.1, 0.15) is 11.3 Å². The lowest BCUT2D eigenvalue weighted by Gasteiger charge is -1.95. The van der Waals surface area contributed by atoms with Gasteiger partial charge in [-0.2, -0.15) is 0 Å². The van der Waals surface area contributed by atoms with Crippen molar-refractivity contribution >= 4 is 16.6 Å². The zero-order valence-electron chi connectivity index (χ0n) is 11.1. The predicted molar refractivity (Wildman–Crippen MR) is 77.6 cm³/mol. The zero-order chi connectivity index (χ0) is 13.5. The topological polar surface area (TPSA) is 43.3 Å². The van der Waals surface area contributed by atoms with Crippen molar-refractivity contribution in [3.05, 3.63) is 54.6 Å². The van der Waals surface area contributed by atoms with Gasteiger partial charge in [0.2, 0.25) is 0 Å². The molecule has 3 heterocycles. The number of hydrogen-bond donors (Lipinski definition) is 0. The molecule has 0 unspecified atom stereocenters. The van der Waals surface area contributed by atoms with E-state index < -0.39 is 0 Å². The van der Waals surface area contributed by atoms with Crippen molar-refractivity contribution in [1.82, 2.24) is 14.4 Å². The van der Waals surface area contributed by atoms with Crippen LogP contribution in [0.15, 0.2) is 53.5 Å².